The summed E-state index contributed by atoms with van der Waals surface area (Å²) in [5.41, 5.74) is 0. The van der Waals surface area contributed by atoms with Crippen molar-refractivity contribution in [1.29, 1.82) is 0 Å². The molecular formula is C8H13NO2. The lowest BCUT2D eigenvalue weighted by atomic mass is 10.1. The Hall–Kier alpha value is -0.570. The van der Waals surface area contributed by atoms with E-state index >= 15 is 0 Å². The summed E-state index contributed by atoms with van der Waals surface area (Å²) in [5, 5.41) is 3.25. The van der Waals surface area contributed by atoms with Crippen molar-refractivity contribution in [2.75, 3.05) is 7.11 Å². The zero-order chi connectivity index (χ0) is 8.01. The highest BCUT2D eigenvalue weighted by molar-refractivity contribution is 5.76. The molecule has 3 unspecified atom stereocenters. The molecule has 2 rings (SSSR count). The molecule has 0 aromatic heterocycles. The van der Waals surface area contributed by atoms with E-state index in [0.717, 1.165) is 18.3 Å². The van der Waals surface area contributed by atoms with Crippen molar-refractivity contribution in [1.82, 2.24) is 5.32 Å². The van der Waals surface area contributed by atoms with Gasteiger partial charge in [-0.2, -0.15) is 0 Å². The van der Waals surface area contributed by atoms with Crippen LogP contribution < -0.4 is 5.32 Å². The van der Waals surface area contributed by atoms with Crippen LogP contribution in [0.3, 0.4) is 0 Å². The van der Waals surface area contributed by atoms with Gasteiger partial charge in [-0.15, -0.1) is 0 Å². The van der Waals surface area contributed by atoms with Crippen LogP contribution in [0, 0.1) is 11.8 Å². The third-order valence-electron chi connectivity index (χ3n) is 2.95. The third kappa shape index (κ3) is 0.948. The van der Waals surface area contributed by atoms with E-state index in [4.69, 9.17) is 0 Å². The van der Waals surface area contributed by atoms with Crippen molar-refractivity contribution in [3.05, 3.63) is 0 Å². The lowest BCUT2D eigenvalue weighted by molar-refractivity contribution is -0.143. The van der Waals surface area contributed by atoms with E-state index in [1.54, 1.807) is 0 Å². The van der Waals surface area contributed by atoms with Gasteiger partial charge in [-0.05, 0) is 18.3 Å². The Labute approximate surface area is 66.1 Å². The Kier molecular flexibility index (Phi) is 1.42. The molecule has 2 aliphatic rings. The summed E-state index contributed by atoms with van der Waals surface area (Å²) in [7, 11) is 1.44. The van der Waals surface area contributed by atoms with Gasteiger partial charge in [0.2, 0.25) is 0 Å². The van der Waals surface area contributed by atoms with E-state index < -0.39 is 0 Å². The first-order chi connectivity index (χ1) is 5.24. The van der Waals surface area contributed by atoms with Gasteiger partial charge in [0.15, 0.2) is 0 Å². The Morgan fingerprint density at radius 3 is 2.82 bits per heavy atom. The zero-order valence-corrected chi connectivity index (χ0v) is 6.83. The van der Waals surface area contributed by atoms with E-state index in [1.165, 1.54) is 7.11 Å². The third-order valence-corrected chi connectivity index (χ3v) is 2.95. The first-order valence-electron chi connectivity index (χ1n) is 4.08. The number of methoxy groups -OCH3 is 1. The highest BCUT2D eigenvalue weighted by atomic mass is 16.5. The molecule has 0 amide bonds. The predicted molar refractivity (Wildman–Crippen MR) is 40.0 cm³/mol. The number of esters is 1. The average Bonchev–Trinajstić information content (AvgIpc) is 2.55. The minimum Gasteiger partial charge on any atom is -0.468 e. The van der Waals surface area contributed by atoms with E-state index in [-0.39, 0.29) is 12.0 Å². The summed E-state index contributed by atoms with van der Waals surface area (Å²) in [6, 6.07) is 0.574. The number of nitrogens with one attached hydrogen (secondary N) is 1. The van der Waals surface area contributed by atoms with Gasteiger partial charge in [-0.1, -0.05) is 6.92 Å². The standard InChI is InChI=1S/C8H13NO2/c1-4-5-3-6(8(10)11-2)9-7(4)5/h4-7,9H,3H2,1-2H3/t4-,5?,6?,7?/m0/s1. The van der Waals surface area contributed by atoms with Crippen molar-refractivity contribution in [3.63, 3.8) is 0 Å². The molecule has 0 aromatic rings. The number of ether oxygens (including phenoxy) is 1. The Bertz CT molecular complexity index is 181. The fourth-order valence-corrected chi connectivity index (χ4v) is 2.06. The first kappa shape index (κ1) is 7.10. The molecule has 1 saturated carbocycles. The minimum atomic E-state index is -0.107. The number of carbonyl (C=O) groups excluding carboxylic acids is 1. The maximum Gasteiger partial charge on any atom is 0.322 e. The van der Waals surface area contributed by atoms with Gasteiger partial charge in [-0.3, -0.25) is 4.79 Å². The highest BCUT2D eigenvalue weighted by Gasteiger charge is 2.54. The van der Waals surface area contributed by atoms with E-state index in [2.05, 4.69) is 17.0 Å². The quantitative estimate of drug-likeness (QED) is 0.548. The molecule has 62 valence electrons. The normalized spacial score (nSPS) is 46.7. The van der Waals surface area contributed by atoms with Gasteiger partial charge in [0.05, 0.1) is 7.11 Å². The topological polar surface area (TPSA) is 38.3 Å². The van der Waals surface area contributed by atoms with Gasteiger partial charge in [0.25, 0.3) is 0 Å². The van der Waals surface area contributed by atoms with Crippen molar-refractivity contribution < 1.29 is 9.53 Å². The van der Waals surface area contributed by atoms with Crippen LogP contribution in [0.15, 0.2) is 0 Å². The second-order valence-corrected chi connectivity index (χ2v) is 3.53. The number of hydrogen-bond acceptors (Lipinski definition) is 3. The molecule has 1 N–H and O–H groups in total. The van der Waals surface area contributed by atoms with Crippen LogP contribution in [-0.4, -0.2) is 25.2 Å². The van der Waals surface area contributed by atoms with E-state index in [9.17, 15) is 4.79 Å². The molecule has 3 nitrogen and oxygen atoms in total. The lowest BCUT2D eigenvalue weighted by Crippen LogP contribution is -2.35. The van der Waals surface area contributed by atoms with Gasteiger partial charge < -0.3 is 10.1 Å². The summed E-state index contributed by atoms with van der Waals surface area (Å²) in [6.45, 7) is 2.22. The summed E-state index contributed by atoms with van der Waals surface area (Å²) in [5.74, 6) is 1.40. The van der Waals surface area contributed by atoms with Gasteiger partial charge in [0, 0.05) is 6.04 Å². The predicted octanol–water partition coefficient (Wildman–Crippen LogP) is 0.156. The molecule has 3 heteroatoms. The van der Waals surface area contributed by atoms with Gasteiger partial charge in [-0.25, -0.2) is 0 Å². The number of piperidine rings is 1. The molecule has 2 fully saturated rings. The average molecular weight is 155 g/mol. The van der Waals surface area contributed by atoms with Crippen molar-refractivity contribution >= 4 is 5.97 Å². The van der Waals surface area contributed by atoms with Gasteiger partial charge >= 0.3 is 5.97 Å². The summed E-state index contributed by atoms with van der Waals surface area (Å²) in [4.78, 5) is 11.0. The Morgan fingerprint density at radius 2 is 2.36 bits per heavy atom. The maximum absolute atomic E-state index is 11.0. The molecule has 0 radical (unpaired) electrons. The molecular weight excluding hydrogens is 142 g/mol. The SMILES string of the molecule is COC(=O)C1CC2C(N1)[C@H]2C. The molecule has 1 aliphatic heterocycles. The van der Waals surface area contributed by atoms with Crippen LogP contribution in [0.5, 0.6) is 0 Å². The number of fused-ring (bicyclic) bond motifs is 1. The smallest absolute Gasteiger partial charge is 0.322 e. The highest BCUT2D eigenvalue weighted by Crippen LogP contribution is 2.47. The van der Waals surface area contributed by atoms with Crippen LogP contribution in [0.4, 0.5) is 0 Å². The Balaban J connectivity index is 1.90. The molecule has 1 heterocycles. The number of hydrogen-bond donors (Lipinski definition) is 1. The van der Waals surface area contributed by atoms with Gasteiger partial charge in [0.1, 0.15) is 6.04 Å². The molecule has 4 atom stereocenters. The fraction of sp³-hybridized carbons (Fsp3) is 0.875. The molecule has 1 aliphatic carbocycles. The van der Waals surface area contributed by atoms with Crippen molar-refractivity contribution in [2.24, 2.45) is 11.8 Å². The molecule has 0 spiro atoms. The maximum atomic E-state index is 11.0. The van der Waals surface area contributed by atoms with Crippen LogP contribution in [0.2, 0.25) is 0 Å². The van der Waals surface area contributed by atoms with Crippen LogP contribution in [0.25, 0.3) is 0 Å². The number of carbonyl (C=O) groups is 1. The van der Waals surface area contributed by atoms with E-state index in [0.29, 0.717) is 6.04 Å². The second-order valence-electron chi connectivity index (χ2n) is 3.53. The minimum absolute atomic E-state index is 0.0220. The number of rotatable bonds is 1. The summed E-state index contributed by atoms with van der Waals surface area (Å²) < 4.78 is 4.64. The van der Waals surface area contributed by atoms with Crippen molar-refractivity contribution in [3.8, 4) is 0 Å². The summed E-state index contributed by atoms with van der Waals surface area (Å²) in [6.07, 6.45) is 0.971. The molecule has 1 saturated heterocycles. The van der Waals surface area contributed by atoms with Crippen molar-refractivity contribution in [2.45, 2.75) is 25.4 Å². The first-order valence-corrected chi connectivity index (χ1v) is 4.08. The molecule has 11 heavy (non-hydrogen) atoms. The summed E-state index contributed by atoms with van der Waals surface area (Å²) >= 11 is 0. The monoisotopic (exact) mass is 155 g/mol. The fourth-order valence-electron chi connectivity index (χ4n) is 2.06. The second kappa shape index (κ2) is 2.21. The molecule has 0 aromatic carbocycles. The van der Waals surface area contributed by atoms with Crippen LogP contribution in [0.1, 0.15) is 13.3 Å². The van der Waals surface area contributed by atoms with Crippen LogP contribution in [-0.2, 0) is 9.53 Å². The largest absolute Gasteiger partial charge is 0.468 e. The van der Waals surface area contributed by atoms with Crippen LogP contribution >= 0.6 is 0 Å². The van der Waals surface area contributed by atoms with E-state index in [1.807, 2.05) is 0 Å². The molecule has 0 bridgehead atoms. The Morgan fingerprint density at radius 1 is 1.64 bits per heavy atom. The lowest BCUT2D eigenvalue weighted by Gasteiger charge is -2.10. The zero-order valence-electron chi connectivity index (χ0n) is 6.83.